The first-order valence-electron chi connectivity index (χ1n) is 7.48. The van der Waals surface area contributed by atoms with Crippen molar-refractivity contribution < 1.29 is 4.79 Å². The highest BCUT2D eigenvalue weighted by molar-refractivity contribution is 6.30. The van der Waals surface area contributed by atoms with Crippen LogP contribution in [0.5, 0.6) is 0 Å². The summed E-state index contributed by atoms with van der Waals surface area (Å²) in [5.74, 6) is 1.10. The summed E-state index contributed by atoms with van der Waals surface area (Å²) in [6.07, 6.45) is 3.90. The van der Waals surface area contributed by atoms with Gasteiger partial charge in [0.25, 0.3) is 5.91 Å². The molecule has 0 radical (unpaired) electrons. The third-order valence-corrected chi connectivity index (χ3v) is 3.93. The number of hydrogen-bond donors (Lipinski definition) is 0. The van der Waals surface area contributed by atoms with Crippen molar-refractivity contribution in [1.82, 2.24) is 9.97 Å². The summed E-state index contributed by atoms with van der Waals surface area (Å²) in [6.45, 7) is 3.96. The third-order valence-electron chi connectivity index (χ3n) is 3.68. The number of carbonyl (C=O) groups is 1. The Morgan fingerprint density at radius 3 is 2.50 bits per heavy atom. The molecule has 1 fully saturated rings. The summed E-state index contributed by atoms with van der Waals surface area (Å²) in [6, 6.07) is 8.98. The van der Waals surface area contributed by atoms with E-state index < -0.39 is 0 Å². The van der Waals surface area contributed by atoms with Crippen molar-refractivity contribution in [3.8, 4) is 0 Å². The summed E-state index contributed by atoms with van der Waals surface area (Å²) in [4.78, 5) is 23.3. The minimum Gasteiger partial charge on any atom is -0.305 e. The number of nitrogens with zero attached hydrogens (tertiary/aromatic N) is 3. The van der Waals surface area contributed by atoms with Crippen molar-refractivity contribution >= 4 is 23.2 Å². The second-order valence-electron chi connectivity index (χ2n) is 5.82. The number of amides is 1. The van der Waals surface area contributed by atoms with E-state index in [1.807, 2.05) is 26.0 Å². The van der Waals surface area contributed by atoms with E-state index in [0.717, 1.165) is 24.4 Å². The van der Waals surface area contributed by atoms with Crippen LogP contribution >= 0.6 is 11.6 Å². The monoisotopic (exact) mass is 315 g/mol. The van der Waals surface area contributed by atoms with Gasteiger partial charge in [0.05, 0.1) is 0 Å². The van der Waals surface area contributed by atoms with E-state index in [4.69, 9.17) is 11.6 Å². The predicted octanol–water partition coefficient (Wildman–Crippen LogP) is 4.06. The zero-order valence-corrected chi connectivity index (χ0v) is 13.4. The van der Waals surface area contributed by atoms with Crippen LogP contribution in [-0.2, 0) is 0 Å². The molecule has 1 aliphatic carbocycles. The molecule has 1 saturated carbocycles. The summed E-state index contributed by atoms with van der Waals surface area (Å²) in [5.41, 5.74) is 1.26. The Balaban J connectivity index is 1.92. The van der Waals surface area contributed by atoms with Crippen molar-refractivity contribution in [3.05, 3.63) is 53.1 Å². The van der Waals surface area contributed by atoms with Crippen LogP contribution in [0.2, 0.25) is 5.02 Å². The Morgan fingerprint density at radius 2 is 1.91 bits per heavy atom. The van der Waals surface area contributed by atoms with Crippen LogP contribution in [0.15, 0.2) is 36.5 Å². The second-order valence-corrected chi connectivity index (χ2v) is 6.26. The molecule has 2 aromatic rings. The van der Waals surface area contributed by atoms with Crippen LogP contribution in [0.1, 0.15) is 48.9 Å². The maximum Gasteiger partial charge on any atom is 0.277 e. The molecule has 0 saturated heterocycles. The summed E-state index contributed by atoms with van der Waals surface area (Å²) >= 11 is 5.93. The number of benzene rings is 1. The first-order valence-corrected chi connectivity index (χ1v) is 7.86. The lowest BCUT2D eigenvalue weighted by Gasteiger charge is -2.26. The minimum absolute atomic E-state index is 0.0213. The fourth-order valence-corrected chi connectivity index (χ4v) is 2.53. The lowest BCUT2D eigenvalue weighted by atomic mass is 10.2. The van der Waals surface area contributed by atoms with Crippen molar-refractivity contribution in [2.75, 3.05) is 4.90 Å². The van der Waals surface area contributed by atoms with Gasteiger partial charge in [0.15, 0.2) is 0 Å². The van der Waals surface area contributed by atoms with E-state index in [2.05, 4.69) is 9.97 Å². The Kier molecular flexibility index (Phi) is 4.12. The molecular weight excluding hydrogens is 298 g/mol. The van der Waals surface area contributed by atoms with Gasteiger partial charge in [-0.3, -0.25) is 4.79 Å². The average Bonchev–Trinajstić information content (AvgIpc) is 3.34. The van der Waals surface area contributed by atoms with Crippen LogP contribution in [0.3, 0.4) is 0 Å². The second kappa shape index (κ2) is 6.05. The quantitative estimate of drug-likeness (QED) is 0.854. The molecule has 1 aromatic carbocycles. The molecule has 0 unspecified atom stereocenters. The third kappa shape index (κ3) is 3.12. The standard InChI is InChI=1S/C17H18ClN3O/c1-11(2)21(14-7-5-13(18)6-8-14)17(22)15-9-10-19-16(20-15)12-3-4-12/h5-12H,3-4H2,1-2H3. The molecule has 4 nitrogen and oxygen atoms in total. The zero-order chi connectivity index (χ0) is 15.7. The van der Waals surface area contributed by atoms with Gasteiger partial charge in [-0.25, -0.2) is 9.97 Å². The molecule has 114 valence electrons. The number of rotatable bonds is 4. The van der Waals surface area contributed by atoms with Gasteiger partial charge in [0, 0.05) is 28.9 Å². The topological polar surface area (TPSA) is 46.1 Å². The van der Waals surface area contributed by atoms with Crippen molar-refractivity contribution in [2.45, 2.75) is 38.6 Å². The SMILES string of the molecule is CC(C)N(C(=O)c1ccnc(C2CC2)n1)c1ccc(Cl)cc1. The molecule has 0 bridgehead atoms. The highest BCUT2D eigenvalue weighted by Gasteiger charge is 2.28. The highest BCUT2D eigenvalue weighted by atomic mass is 35.5. The van der Waals surface area contributed by atoms with Crippen molar-refractivity contribution in [3.63, 3.8) is 0 Å². The van der Waals surface area contributed by atoms with E-state index in [-0.39, 0.29) is 11.9 Å². The number of aromatic nitrogens is 2. The number of anilines is 1. The lowest BCUT2D eigenvalue weighted by Crippen LogP contribution is -2.37. The number of halogens is 1. The van der Waals surface area contributed by atoms with Gasteiger partial charge < -0.3 is 4.90 Å². The molecule has 1 aromatic heterocycles. The smallest absolute Gasteiger partial charge is 0.277 e. The first-order chi connectivity index (χ1) is 10.6. The van der Waals surface area contributed by atoms with Crippen LogP contribution in [0, 0.1) is 0 Å². The van der Waals surface area contributed by atoms with Gasteiger partial charge >= 0.3 is 0 Å². The molecule has 0 spiro atoms. The maximum absolute atomic E-state index is 12.9. The van der Waals surface area contributed by atoms with Crippen molar-refractivity contribution in [2.24, 2.45) is 0 Å². The fraction of sp³-hybridized carbons (Fsp3) is 0.353. The molecule has 1 aliphatic rings. The molecule has 1 amide bonds. The number of hydrogen-bond acceptors (Lipinski definition) is 3. The van der Waals surface area contributed by atoms with Gasteiger partial charge in [0.1, 0.15) is 11.5 Å². The Labute approximate surface area is 135 Å². The normalized spacial score (nSPS) is 14.2. The molecule has 0 aliphatic heterocycles. The van der Waals surface area contributed by atoms with E-state index in [9.17, 15) is 4.79 Å². The molecule has 22 heavy (non-hydrogen) atoms. The molecule has 3 rings (SSSR count). The van der Waals surface area contributed by atoms with E-state index in [0.29, 0.717) is 16.6 Å². The van der Waals surface area contributed by atoms with Gasteiger partial charge in [-0.1, -0.05) is 11.6 Å². The van der Waals surface area contributed by atoms with Gasteiger partial charge in [-0.05, 0) is 57.0 Å². The average molecular weight is 316 g/mol. The zero-order valence-electron chi connectivity index (χ0n) is 12.7. The predicted molar refractivity (Wildman–Crippen MR) is 87.4 cm³/mol. The van der Waals surface area contributed by atoms with E-state index in [1.54, 1.807) is 29.3 Å². The van der Waals surface area contributed by atoms with Crippen LogP contribution in [-0.4, -0.2) is 21.9 Å². The Hall–Kier alpha value is -1.94. The fourth-order valence-electron chi connectivity index (χ4n) is 2.41. The molecule has 0 atom stereocenters. The maximum atomic E-state index is 12.9. The molecule has 1 heterocycles. The summed E-state index contributed by atoms with van der Waals surface area (Å²) in [5, 5.41) is 0.651. The van der Waals surface area contributed by atoms with E-state index in [1.165, 1.54) is 0 Å². The van der Waals surface area contributed by atoms with E-state index >= 15 is 0 Å². The minimum atomic E-state index is -0.110. The van der Waals surface area contributed by atoms with Crippen LogP contribution < -0.4 is 4.90 Å². The van der Waals surface area contributed by atoms with Crippen molar-refractivity contribution in [1.29, 1.82) is 0 Å². The van der Waals surface area contributed by atoms with Crippen LogP contribution in [0.4, 0.5) is 5.69 Å². The van der Waals surface area contributed by atoms with Crippen LogP contribution in [0.25, 0.3) is 0 Å². The van der Waals surface area contributed by atoms with Gasteiger partial charge in [0.2, 0.25) is 0 Å². The van der Waals surface area contributed by atoms with Gasteiger partial charge in [-0.15, -0.1) is 0 Å². The summed E-state index contributed by atoms with van der Waals surface area (Å²) < 4.78 is 0. The Bertz CT molecular complexity index is 681. The number of carbonyl (C=O) groups excluding carboxylic acids is 1. The molecular formula is C17H18ClN3O. The summed E-state index contributed by atoms with van der Waals surface area (Å²) in [7, 11) is 0. The lowest BCUT2D eigenvalue weighted by molar-refractivity contribution is 0.0975. The van der Waals surface area contributed by atoms with Gasteiger partial charge in [-0.2, -0.15) is 0 Å². The Morgan fingerprint density at radius 1 is 1.23 bits per heavy atom. The highest BCUT2D eigenvalue weighted by Crippen LogP contribution is 2.37. The first kappa shape index (κ1) is 15.0. The molecule has 5 heteroatoms. The molecule has 0 N–H and O–H groups in total. The largest absolute Gasteiger partial charge is 0.305 e.